The molecule has 0 N–H and O–H groups in total. The minimum Gasteiger partial charge on any atom is -0.473 e. The topological polar surface area (TPSA) is 61.3 Å². The van der Waals surface area contributed by atoms with E-state index in [0.29, 0.717) is 11.3 Å². The van der Waals surface area contributed by atoms with Crippen LogP contribution >= 0.6 is 0 Å². The van der Waals surface area contributed by atoms with Gasteiger partial charge in [0.2, 0.25) is 5.88 Å². The highest BCUT2D eigenvalue weighted by atomic mass is 16.5. The number of carbonyl (C=O) groups is 1. The van der Waals surface area contributed by atoms with Gasteiger partial charge in [0.1, 0.15) is 6.10 Å². The van der Waals surface area contributed by atoms with Crippen molar-refractivity contribution in [2.24, 2.45) is 5.41 Å². The molecule has 1 fully saturated rings. The van der Waals surface area contributed by atoms with E-state index in [4.69, 9.17) is 4.74 Å². The van der Waals surface area contributed by atoms with E-state index in [1.165, 1.54) is 19.5 Å². The van der Waals surface area contributed by atoms with Gasteiger partial charge >= 0.3 is 5.97 Å². The lowest BCUT2D eigenvalue weighted by Gasteiger charge is -2.34. The van der Waals surface area contributed by atoms with Gasteiger partial charge in [-0.15, -0.1) is 0 Å². The summed E-state index contributed by atoms with van der Waals surface area (Å²) in [6.07, 6.45) is 7.38. The van der Waals surface area contributed by atoms with Gasteiger partial charge in [-0.2, -0.15) is 0 Å². The van der Waals surface area contributed by atoms with Gasteiger partial charge in [-0.05, 0) is 31.1 Å². The third-order valence-electron chi connectivity index (χ3n) is 3.58. The highest BCUT2D eigenvalue weighted by Crippen LogP contribution is 2.36. The zero-order chi connectivity index (χ0) is 13.9. The van der Waals surface area contributed by atoms with Crippen molar-refractivity contribution in [2.75, 3.05) is 7.11 Å². The van der Waals surface area contributed by atoms with Crippen LogP contribution in [0, 0.1) is 5.41 Å². The second-order valence-corrected chi connectivity index (χ2v) is 5.72. The van der Waals surface area contributed by atoms with Gasteiger partial charge in [-0.25, -0.2) is 9.78 Å². The maximum absolute atomic E-state index is 11.4. The third-order valence-corrected chi connectivity index (χ3v) is 3.58. The minimum absolute atomic E-state index is 0.162. The van der Waals surface area contributed by atoms with Crippen molar-refractivity contribution < 1.29 is 14.3 Å². The van der Waals surface area contributed by atoms with E-state index in [0.717, 1.165) is 25.7 Å². The van der Waals surface area contributed by atoms with E-state index < -0.39 is 5.97 Å². The summed E-state index contributed by atoms with van der Waals surface area (Å²) < 4.78 is 10.4. The van der Waals surface area contributed by atoms with Crippen LogP contribution in [0.3, 0.4) is 0 Å². The summed E-state index contributed by atoms with van der Waals surface area (Å²) in [5.74, 6) is -0.102. The number of carbonyl (C=O) groups excluding carboxylic acids is 1. The SMILES string of the molecule is COC(=O)c1cncc(OC2CCC(C)(C)CC2)n1. The zero-order valence-corrected chi connectivity index (χ0v) is 11.7. The average Bonchev–Trinajstić information content (AvgIpc) is 2.41. The highest BCUT2D eigenvalue weighted by Gasteiger charge is 2.28. The molecule has 0 aromatic carbocycles. The van der Waals surface area contributed by atoms with Crippen molar-refractivity contribution in [3.05, 3.63) is 18.1 Å². The largest absolute Gasteiger partial charge is 0.473 e. The van der Waals surface area contributed by atoms with Crippen molar-refractivity contribution in [2.45, 2.75) is 45.6 Å². The summed E-state index contributed by atoms with van der Waals surface area (Å²) in [6.45, 7) is 4.56. The lowest BCUT2D eigenvalue weighted by molar-refractivity contribution is 0.0588. The van der Waals surface area contributed by atoms with Crippen LogP contribution in [0.2, 0.25) is 0 Å². The van der Waals surface area contributed by atoms with Crippen LogP contribution in [-0.2, 0) is 4.74 Å². The van der Waals surface area contributed by atoms with Gasteiger partial charge < -0.3 is 9.47 Å². The molecule has 104 valence electrons. The Bertz CT molecular complexity index is 450. The van der Waals surface area contributed by atoms with Crippen molar-refractivity contribution >= 4 is 5.97 Å². The molecule has 0 atom stereocenters. The van der Waals surface area contributed by atoms with Gasteiger partial charge in [-0.1, -0.05) is 13.8 Å². The van der Waals surface area contributed by atoms with Gasteiger partial charge in [0.15, 0.2) is 5.69 Å². The Morgan fingerprint density at radius 2 is 2.00 bits per heavy atom. The number of hydrogen-bond acceptors (Lipinski definition) is 5. The average molecular weight is 264 g/mol. The maximum atomic E-state index is 11.4. The third kappa shape index (κ3) is 3.66. The van der Waals surface area contributed by atoms with Crippen molar-refractivity contribution in [1.29, 1.82) is 0 Å². The van der Waals surface area contributed by atoms with E-state index in [1.54, 1.807) is 0 Å². The Morgan fingerprint density at radius 3 is 2.63 bits per heavy atom. The normalized spacial score (nSPS) is 18.9. The molecule has 0 bridgehead atoms. The first-order valence-corrected chi connectivity index (χ1v) is 6.57. The van der Waals surface area contributed by atoms with Gasteiger partial charge in [-0.3, -0.25) is 4.98 Å². The van der Waals surface area contributed by atoms with Crippen LogP contribution < -0.4 is 4.74 Å². The second kappa shape index (κ2) is 5.55. The lowest BCUT2D eigenvalue weighted by Crippen LogP contribution is -2.28. The molecule has 0 saturated heterocycles. The number of aromatic nitrogens is 2. The molecule has 1 aromatic rings. The van der Waals surface area contributed by atoms with E-state index in [9.17, 15) is 4.79 Å². The molecule has 19 heavy (non-hydrogen) atoms. The van der Waals surface area contributed by atoms with E-state index >= 15 is 0 Å². The molecular weight excluding hydrogens is 244 g/mol. The maximum Gasteiger partial charge on any atom is 0.358 e. The molecule has 0 spiro atoms. The molecule has 5 heteroatoms. The van der Waals surface area contributed by atoms with E-state index in [2.05, 4.69) is 28.6 Å². The van der Waals surface area contributed by atoms with Crippen LogP contribution in [0.25, 0.3) is 0 Å². The molecule has 0 aliphatic heterocycles. The summed E-state index contributed by atoms with van der Waals surface area (Å²) in [5.41, 5.74) is 0.579. The van der Waals surface area contributed by atoms with Crippen LogP contribution in [-0.4, -0.2) is 29.2 Å². The van der Waals surface area contributed by atoms with Crippen LogP contribution in [0.5, 0.6) is 5.88 Å². The lowest BCUT2D eigenvalue weighted by atomic mass is 9.76. The molecule has 1 saturated carbocycles. The van der Waals surface area contributed by atoms with Crippen LogP contribution in [0.4, 0.5) is 0 Å². The second-order valence-electron chi connectivity index (χ2n) is 5.72. The first kappa shape index (κ1) is 13.8. The van der Waals surface area contributed by atoms with Gasteiger partial charge in [0.25, 0.3) is 0 Å². The fourth-order valence-corrected chi connectivity index (χ4v) is 2.27. The Kier molecular flexibility index (Phi) is 4.02. The standard InChI is InChI=1S/C14H20N2O3/c1-14(2)6-4-10(5-7-14)19-12-9-15-8-11(16-12)13(17)18-3/h8-10H,4-7H2,1-3H3. The Labute approximate surface area is 113 Å². The first-order valence-electron chi connectivity index (χ1n) is 6.57. The number of esters is 1. The van der Waals surface area contributed by atoms with Crippen molar-refractivity contribution in [1.82, 2.24) is 9.97 Å². The molecule has 0 radical (unpaired) electrons. The number of ether oxygens (including phenoxy) is 2. The molecule has 1 aliphatic carbocycles. The smallest absolute Gasteiger partial charge is 0.358 e. The molecule has 1 aliphatic rings. The summed E-state index contributed by atoms with van der Waals surface area (Å²) in [4.78, 5) is 19.4. The van der Waals surface area contributed by atoms with E-state index in [1.807, 2.05) is 0 Å². The molecule has 1 heterocycles. The fraction of sp³-hybridized carbons (Fsp3) is 0.643. The van der Waals surface area contributed by atoms with Crippen molar-refractivity contribution in [3.8, 4) is 5.88 Å². The van der Waals surface area contributed by atoms with Crippen LogP contribution in [0.1, 0.15) is 50.0 Å². The van der Waals surface area contributed by atoms with Gasteiger partial charge in [0, 0.05) is 0 Å². The highest BCUT2D eigenvalue weighted by molar-refractivity contribution is 5.86. The van der Waals surface area contributed by atoms with Gasteiger partial charge in [0.05, 0.1) is 19.5 Å². The number of methoxy groups -OCH3 is 1. The minimum atomic E-state index is -0.497. The summed E-state index contributed by atoms with van der Waals surface area (Å²) >= 11 is 0. The molecule has 0 unspecified atom stereocenters. The zero-order valence-electron chi connectivity index (χ0n) is 11.7. The Balaban J connectivity index is 1.98. The number of rotatable bonds is 3. The first-order chi connectivity index (χ1) is 9.00. The molecule has 1 aromatic heterocycles. The summed E-state index contributed by atoms with van der Waals surface area (Å²) in [6, 6.07) is 0. The summed E-state index contributed by atoms with van der Waals surface area (Å²) in [7, 11) is 1.32. The van der Waals surface area contributed by atoms with E-state index in [-0.39, 0.29) is 11.8 Å². The van der Waals surface area contributed by atoms with Crippen molar-refractivity contribution in [3.63, 3.8) is 0 Å². The Morgan fingerprint density at radius 1 is 1.32 bits per heavy atom. The monoisotopic (exact) mass is 264 g/mol. The predicted molar refractivity (Wildman–Crippen MR) is 70.0 cm³/mol. The fourth-order valence-electron chi connectivity index (χ4n) is 2.27. The number of nitrogens with zero attached hydrogens (tertiary/aromatic N) is 2. The Hall–Kier alpha value is -1.65. The predicted octanol–water partition coefficient (Wildman–Crippen LogP) is 2.61. The molecule has 5 nitrogen and oxygen atoms in total. The molecular formula is C14H20N2O3. The number of hydrogen-bond donors (Lipinski definition) is 0. The quantitative estimate of drug-likeness (QED) is 0.785. The van der Waals surface area contributed by atoms with Crippen LogP contribution in [0.15, 0.2) is 12.4 Å². The summed E-state index contributed by atoms with van der Waals surface area (Å²) in [5, 5.41) is 0. The molecule has 2 rings (SSSR count). The molecule has 0 amide bonds.